The van der Waals surface area contributed by atoms with Gasteiger partial charge >= 0.3 is 0 Å². The molecule has 1 heterocycles. The summed E-state index contributed by atoms with van der Waals surface area (Å²) in [5, 5.41) is 9.38. The lowest BCUT2D eigenvalue weighted by Crippen LogP contribution is -2.49. The Labute approximate surface area is 142 Å². The molecule has 5 nitrogen and oxygen atoms in total. The van der Waals surface area contributed by atoms with E-state index in [0.29, 0.717) is 18.8 Å². The number of anilines is 1. The Bertz CT molecular complexity index is 667. The number of phenolic OH excluding ortho intramolecular Hbond substituents is 1. The van der Waals surface area contributed by atoms with E-state index < -0.39 is 0 Å². The molecule has 0 bridgehead atoms. The van der Waals surface area contributed by atoms with Gasteiger partial charge in [0, 0.05) is 37.9 Å². The highest BCUT2D eigenvalue weighted by atomic mass is 16.5. The minimum absolute atomic E-state index is 0.114. The molecule has 1 aliphatic heterocycles. The van der Waals surface area contributed by atoms with E-state index in [4.69, 9.17) is 4.74 Å². The lowest BCUT2D eigenvalue weighted by molar-refractivity contribution is -0.132. The summed E-state index contributed by atoms with van der Waals surface area (Å²) in [4.78, 5) is 16.5. The maximum absolute atomic E-state index is 12.3. The van der Waals surface area contributed by atoms with Crippen molar-refractivity contribution < 1.29 is 14.6 Å². The van der Waals surface area contributed by atoms with E-state index in [-0.39, 0.29) is 11.7 Å². The van der Waals surface area contributed by atoms with Gasteiger partial charge in [-0.25, -0.2) is 0 Å². The van der Waals surface area contributed by atoms with Gasteiger partial charge in [0.25, 0.3) is 0 Å². The molecule has 24 heavy (non-hydrogen) atoms. The smallest absolute Gasteiger partial charge is 0.226 e. The number of nitrogens with zero attached hydrogens (tertiary/aromatic N) is 2. The van der Waals surface area contributed by atoms with Crippen molar-refractivity contribution in [2.45, 2.75) is 6.42 Å². The fraction of sp³-hybridized carbons (Fsp3) is 0.316. The number of carbonyl (C=O) groups is 1. The van der Waals surface area contributed by atoms with Gasteiger partial charge in [0.1, 0.15) is 11.5 Å². The summed E-state index contributed by atoms with van der Waals surface area (Å²) in [5.41, 5.74) is 1.21. The van der Waals surface area contributed by atoms with E-state index in [2.05, 4.69) is 17.0 Å². The monoisotopic (exact) mass is 326 g/mol. The van der Waals surface area contributed by atoms with Gasteiger partial charge in [0.15, 0.2) is 0 Å². The number of carbonyl (C=O) groups excluding carboxylic acids is 1. The molecular formula is C19H22N2O3. The fourth-order valence-corrected chi connectivity index (χ4v) is 2.84. The maximum atomic E-state index is 12.3. The molecule has 0 unspecified atom stereocenters. The SMILES string of the molecule is O=C(CCOc1cccc(O)c1)N1CCN(c2ccccc2)CC1. The van der Waals surface area contributed by atoms with E-state index >= 15 is 0 Å². The fourth-order valence-electron chi connectivity index (χ4n) is 2.84. The molecule has 0 radical (unpaired) electrons. The molecule has 1 aliphatic rings. The zero-order valence-electron chi connectivity index (χ0n) is 13.6. The standard InChI is InChI=1S/C19H22N2O3/c22-17-7-4-8-18(15-17)24-14-9-19(23)21-12-10-20(11-13-21)16-5-2-1-3-6-16/h1-8,15,22H,9-14H2. The first-order valence-electron chi connectivity index (χ1n) is 8.22. The van der Waals surface area contributed by atoms with Crippen LogP contribution in [-0.4, -0.2) is 48.7 Å². The van der Waals surface area contributed by atoms with Crippen LogP contribution in [0.1, 0.15) is 6.42 Å². The molecule has 1 N–H and O–H groups in total. The zero-order valence-corrected chi connectivity index (χ0v) is 13.6. The van der Waals surface area contributed by atoms with Crippen LogP contribution in [0, 0.1) is 0 Å². The van der Waals surface area contributed by atoms with Crippen molar-refractivity contribution in [3.05, 3.63) is 54.6 Å². The van der Waals surface area contributed by atoms with E-state index in [1.165, 1.54) is 5.69 Å². The molecule has 0 atom stereocenters. The summed E-state index contributed by atoms with van der Waals surface area (Å²) in [5.74, 6) is 0.857. The molecular weight excluding hydrogens is 304 g/mol. The van der Waals surface area contributed by atoms with Crippen molar-refractivity contribution in [2.75, 3.05) is 37.7 Å². The Morgan fingerprint density at radius 1 is 1.00 bits per heavy atom. The summed E-state index contributed by atoms with van der Waals surface area (Å²) < 4.78 is 5.52. The first-order chi connectivity index (χ1) is 11.7. The van der Waals surface area contributed by atoms with Gasteiger partial charge in [-0.1, -0.05) is 24.3 Å². The number of ether oxygens (including phenoxy) is 1. The molecule has 0 spiro atoms. The Balaban J connectivity index is 1.42. The molecule has 2 aromatic carbocycles. The largest absolute Gasteiger partial charge is 0.508 e. The predicted molar refractivity (Wildman–Crippen MR) is 93.5 cm³/mol. The first-order valence-corrected chi connectivity index (χ1v) is 8.22. The zero-order chi connectivity index (χ0) is 16.8. The van der Waals surface area contributed by atoms with Crippen molar-refractivity contribution >= 4 is 11.6 Å². The molecule has 126 valence electrons. The number of rotatable bonds is 5. The van der Waals surface area contributed by atoms with Crippen LogP contribution >= 0.6 is 0 Å². The molecule has 0 aliphatic carbocycles. The Morgan fingerprint density at radius 3 is 2.46 bits per heavy atom. The minimum Gasteiger partial charge on any atom is -0.508 e. The average molecular weight is 326 g/mol. The van der Waals surface area contributed by atoms with Gasteiger partial charge in [-0.2, -0.15) is 0 Å². The lowest BCUT2D eigenvalue weighted by Gasteiger charge is -2.36. The Hall–Kier alpha value is -2.69. The molecule has 1 fully saturated rings. The summed E-state index contributed by atoms with van der Waals surface area (Å²) in [7, 11) is 0. The van der Waals surface area contributed by atoms with Gasteiger partial charge in [-0.3, -0.25) is 4.79 Å². The molecule has 5 heteroatoms. The number of benzene rings is 2. The van der Waals surface area contributed by atoms with Crippen molar-refractivity contribution in [3.63, 3.8) is 0 Å². The van der Waals surface area contributed by atoms with Gasteiger partial charge in [0.2, 0.25) is 5.91 Å². The predicted octanol–water partition coefficient (Wildman–Crippen LogP) is 2.51. The Kier molecular flexibility index (Phi) is 5.21. The van der Waals surface area contributed by atoms with Crippen LogP contribution in [0.15, 0.2) is 54.6 Å². The second kappa shape index (κ2) is 7.73. The number of phenols is 1. The minimum atomic E-state index is 0.114. The van der Waals surface area contributed by atoms with Crippen LogP contribution in [0.4, 0.5) is 5.69 Å². The number of hydrogen-bond acceptors (Lipinski definition) is 4. The third kappa shape index (κ3) is 4.19. The highest BCUT2D eigenvalue weighted by molar-refractivity contribution is 5.76. The number of aromatic hydroxyl groups is 1. The molecule has 1 saturated heterocycles. The summed E-state index contributed by atoms with van der Waals surface area (Å²) in [6.45, 7) is 3.49. The van der Waals surface area contributed by atoms with Crippen molar-refractivity contribution in [3.8, 4) is 11.5 Å². The summed E-state index contributed by atoms with van der Waals surface area (Å²) >= 11 is 0. The van der Waals surface area contributed by atoms with Crippen LogP contribution in [-0.2, 0) is 4.79 Å². The van der Waals surface area contributed by atoms with Crippen LogP contribution < -0.4 is 9.64 Å². The number of piperazine rings is 1. The molecule has 2 aromatic rings. The summed E-state index contributed by atoms with van der Waals surface area (Å²) in [6, 6.07) is 16.9. The van der Waals surface area contributed by atoms with Crippen LogP contribution in [0.3, 0.4) is 0 Å². The van der Waals surface area contributed by atoms with Crippen molar-refractivity contribution in [1.82, 2.24) is 4.90 Å². The van der Waals surface area contributed by atoms with Gasteiger partial charge < -0.3 is 19.6 Å². The maximum Gasteiger partial charge on any atom is 0.226 e. The van der Waals surface area contributed by atoms with Gasteiger partial charge in [-0.05, 0) is 24.3 Å². The van der Waals surface area contributed by atoms with E-state index in [1.54, 1.807) is 24.3 Å². The van der Waals surface area contributed by atoms with E-state index in [9.17, 15) is 9.90 Å². The molecule has 3 rings (SSSR count). The van der Waals surface area contributed by atoms with Crippen molar-refractivity contribution in [1.29, 1.82) is 0 Å². The highest BCUT2D eigenvalue weighted by Crippen LogP contribution is 2.18. The second-order valence-electron chi connectivity index (χ2n) is 5.80. The van der Waals surface area contributed by atoms with Crippen LogP contribution in [0.5, 0.6) is 11.5 Å². The summed E-state index contributed by atoms with van der Waals surface area (Å²) in [6.07, 6.45) is 0.348. The molecule has 1 amide bonds. The van der Waals surface area contributed by atoms with Crippen LogP contribution in [0.2, 0.25) is 0 Å². The number of amides is 1. The van der Waals surface area contributed by atoms with E-state index in [0.717, 1.165) is 26.2 Å². The number of hydrogen-bond donors (Lipinski definition) is 1. The average Bonchev–Trinajstić information content (AvgIpc) is 2.63. The Morgan fingerprint density at radius 2 is 1.75 bits per heavy atom. The van der Waals surface area contributed by atoms with Gasteiger partial charge in [-0.15, -0.1) is 0 Å². The third-order valence-electron chi connectivity index (χ3n) is 4.16. The van der Waals surface area contributed by atoms with Crippen LogP contribution in [0.25, 0.3) is 0 Å². The van der Waals surface area contributed by atoms with Crippen molar-refractivity contribution in [2.24, 2.45) is 0 Å². The van der Waals surface area contributed by atoms with E-state index in [1.807, 2.05) is 23.1 Å². The number of para-hydroxylation sites is 1. The first kappa shape index (κ1) is 16.2. The normalized spacial score (nSPS) is 14.5. The highest BCUT2D eigenvalue weighted by Gasteiger charge is 2.20. The molecule has 0 aromatic heterocycles. The third-order valence-corrected chi connectivity index (χ3v) is 4.16. The second-order valence-corrected chi connectivity index (χ2v) is 5.80. The van der Waals surface area contributed by atoms with Gasteiger partial charge in [0.05, 0.1) is 13.0 Å². The topological polar surface area (TPSA) is 53.0 Å². The molecule has 0 saturated carbocycles. The lowest BCUT2D eigenvalue weighted by atomic mass is 10.2. The quantitative estimate of drug-likeness (QED) is 0.917.